The van der Waals surface area contributed by atoms with Crippen LogP contribution in [0, 0.1) is 6.92 Å². The highest BCUT2D eigenvalue weighted by molar-refractivity contribution is 7.89. The number of amides is 1. The lowest BCUT2D eigenvalue weighted by Gasteiger charge is -2.20. The first-order chi connectivity index (χ1) is 11.4. The van der Waals surface area contributed by atoms with Gasteiger partial charge in [0.2, 0.25) is 10.0 Å². The third-order valence-corrected chi connectivity index (χ3v) is 5.92. The lowest BCUT2D eigenvalue weighted by Crippen LogP contribution is -2.31. The number of hydrogen-bond donors (Lipinski definition) is 1. The average Bonchev–Trinajstić information content (AvgIpc) is 2.55. The lowest BCUT2D eigenvalue weighted by atomic mass is 10.1. The molecule has 1 rings (SSSR count). The molecule has 0 fully saturated rings. The van der Waals surface area contributed by atoms with E-state index in [0.29, 0.717) is 44.0 Å². The first-order valence-corrected chi connectivity index (χ1v) is 9.79. The maximum absolute atomic E-state index is 12.7. The van der Waals surface area contributed by atoms with E-state index in [4.69, 9.17) is 4.74 Å². The van der Waals surface area contributed by atoms with Crippen LogP contribution in [0.2, 0.25) is 0 Å². The summed E-state index contributed by atoms with van der Waals surface area (Å²) in [6, 6.07) is 4.78. The topological polar surface area (TPSA) is 75.7 Å². The minimum atomic E-state index is -3.59. The van der Waals surface area contributed by atoms with Crippen LogP contribution in [0.4, 0.5) is 0 Å². The number of hydrogen-bond acceptors (Lipinski definition) is 4. The monoisotopic (exact) mass is 356 g/mol. The molecular formula is C17H28N2O4S. The summed E-state index contributed by atoms with van der Waals surface area (Å²) < 4.78 is 32.0. The van der Waals surface area contributed by atoms with Crippen molar-refractivity contribution in [1.82, 2.24) is 9.62 Å². The summed E-state index contributed by atoms with van der Waals surface area (Å²) >= 11 is 0. The largest absolute Gasteiger partial charge is 0.382 e. The standard InChI is InChI=1S/C17H28N2O4S/c1-5-19(6-2)24(21,22)16-13-15(10-9-14(16)4)17(20)18-11-8-12-23-7-3/h9-10,13H,5-8,11-12H2,1-4H3,(H,18,20). The molecular weight excluding hydrogens is 328 g/mol. The Labute approximate surface area is 145 Å². The molecule has 136 valence electrons. The zero-order valence-electron chi connectivity index (χ0n) is 15.0. The molecule has 0 bridgehead atoms. The molecule has 1 amide bonds. The predicted octanol–water partition coefficient (Wildman–Crippen LogP) is 2.18. The molecule has 0 aliphatic heterocycles. The van der Waals surface area contributed by atoms with Crippen LogP contribution >= 0.6 is 0 Å². The molecule has 7 heteroatoms. The Morgan fingerprint density at radius 3 is 2.46 bits per heavy atom. The van der Waals surface area contributed by atoms with Gasteiger partial charge in [-0.2, -0.15) is 4.31 Å². The molecule has 0 heterocycles. The van der Waals surface area contributed by atoms with E-state index in [0.717, 1.165) is 6.42 Å². The minimum absolute atomic E-state index is 0.188. The molecule has 24 heavy (non-hydrogen) atoms. The normalized spacial score (nSPS) is 11.7. The van der Waals surface area contributed by atoms with Gasteiger partial charge in [-0.15, -0.1) is 0 Å². The van der Waals surface area contributed by atoms with Crippen LogP contribution in [0.15, 0.2) is 23.1 Å². The number of nitrogens with one attached hydrogen (secondary N) is 1. The van der Waals surface area contributed by atoms with E-state index in [-0.39, 0.29) is 10.8 Å². The number of carbonyl (C=O) groups is 1. The number of carbonyl (C=O) groups excluding carboxylic acids is 1. The average molecular weight is 356 g/mol. The zero-order valence-corrected chi connectivity index (χ0v) is 15.8. The highest BCUT2D eigenvalue weighted by Crippen LogP contribution is 2.21. The van der Waals surface area contributed by atoms with Gasteiger partial charge in [-0.25, -0.2) is 8.42 Å². The summed E-state index contributed by atoms with van der Waals surface area (Å²) in [6.07, 6.45) is 0.718. The summed E-state index contributed by atoms with van der Waals surface area (Å²) in [5.41, 5.74) is 0.984. The number of rotatable bonds is 10. The maximum Gasteiger partial charge on any atom is 0.251 e. The number of benzene rings is 1. The second kappa shape index (κ2) is 9.76. The van der Waals surface area contributed by atoms with E-state index in [9.17, 15) is 13.2 Å². The van der Waals surface area contributed by atoms with E-state index in [1.165, 1.54) is 10.4 Å². The van der Waals surface area contributed by atoms with Crippen molar-refractivity contribution in [2.45, 2.75) is 39.0 Å². The van der Waals surface area contributed by atoms with Gasteiger partial charge < -0.3 is 10.1 Å². The van der Waals surface area contributed by atoms with Crippen molar-refractivity contribution in [2.24, 2.45) is 0 Å². The molecule has 0 aromatic heterocycles. The number of aryl methyl sites for hydroxylation is 1. The minimum Gasteiger partial charge on any atom is -0.382 e. The third kappa shape index (κ3) is 5.29. The highest BCUT2D eigenvalue weighted by Gasteiger charge is 2.24. The number of sulfonamides is 1. The SMILES string of the molecule is CCOCCCNC(=O)c1ccc(C)c(S(=O)(=O)N(CC)CC)c1. The maximum atomic E-state index is 12.7. The number of ether oxygens (including phenoxy) is 1. The van der Waals surface area contributed by atoms with Gasteiger partial charge >= 0.3 is 0 Å². The molecule has 0 saturated carbocycles. The third-order valence-electron chi connectivity index (χ3n) is 3.73. The van der Waals surface area contributed by atoms with Crippen LogP contribution in [-0.4, -0.2) is 51.5 Å². The molecule has 0 spiro atoms. The van der Waals surface area contributed by atoms with Crippen LogP contribution < -0.4 is 5.32 Å². The van der Waals surface area contributed by atoms with Crippen LogP contribution in [0.25, 0.3) is 0 Å². The van der Waals surface area contributed by atoms with E-state index in [1.54, 1.807) is 32.9 Å². The fraction of sp³-hybridized carbons (Fsp3) is 0.588. The van der Waals surface area contributed by atoms with Crippen LogP contribution in [0.1, 0.15) is 43.1 Å². The first kappa shape index (κ1) is 20.6. The van der Waals surface area contributed by atoms with Crippen molar-refractivity contribution in [1.29, 1.82) is 0 Å². The van der Waals surface area contributed by atoms with Crippen molar-refractivity contribution in [3.8, 4) is 0 Å². The van der Waals surface area contributed by atoms with Crippen molar-refractivity contribution < 1.29 is 17.9 Å². The van der Waals surface area contributed by atoms with Crippen LogP contribution in [0.5, 0.6) is 0 Å². The van der Waals surface area contributed by atoms with E-state index >= 15 is 0 Å². The van der Waals surface area contributed by atoms with E-state index in [1.807, 2.05) is 6.92 Å². The number of nitrogens with zero attached hydrogens (tertiary/aromatic N) is 1. The molecule has 1 aromatic carbocycles. The molecule has 0 aliphatic rings. The second-order valence-corrected chi connectivity index (χ2v) is 7.28. The Kier molecular flexibility index (Phi) is 8.38. The van der Waals surface area contributed by atoms with Crippen molar-refractivity contribution in [3.05, 3.63) is 29.3 Å². The van der Waals surface area contributed by atoms with Crippen molar-refractivity contribution in [3.63, 3.8) is 0 Å². The summed E-state index contributed by atoms with van der Waals surface area (Å²) in [5, 5.41) is 2.79. The van der Waals surface area contributed by atoms with Crippen molar-refractivity contribution in [2.75, 3.05) is 32.8 Å². The first-order valence-electron chi connectivity index (χ1n) is 8.35. The summed E-state index contributed by atoms with van der Waals surface area (Å²) in [7, 11) is -3.59. The molecule has 0 unspecified atom stereocenters. The van der Waals surface area contributed by atoms with Gasteiger partial charge in [0, 0.05) is 38.4 Å². The molecule has 1 aromatic rings. The molecule has 0 radical (unpaired) electrons. The molecule has 1 N–H and O–H groups in total. The van der Waals surface area contributed by atoms with Crippen LogP contribution in [0.3, 0.4) is 0 Å². The Morgan fingerprint density at radius 1 is 1.21 bits per heavy atom. The zero-order chi connectivity index (χ0) is 18.2. The fourth-order valence-corrected chi connectivity index (χ4v) is 4.05. The predicted molar refractivity (Wildman–Crippen MR) is 94.7 cm³/mol. The van der Waals surface area contributed by atoms with Gasteiger partial charge in [-0.05, 0) is 38.0 Å². The smallest absolute Gasteiger partial charge is 0.251 e. The Morgan fingerprint density at radius 2 is 1.88 bits per heavy atom. The Balaban J connectivity index is 2.91. The quantitative estimate of drug-likeness (QED) is 0.652. The summed E-state index contributed by atoms with van der Waals surface area (Å²) in [5.74, 6) is -0.275. The second-order valence-electron chi connectivity index (χ2n) is 5.38. The summed E-state index contributed by atoms with van der Waals surface area (Å²) in [6.45, 7) is 9.77. The molecule has 0 aliphatic carbocycles. The molecule has 0 atom stereocenters. The van der Waals surface area contributed by atoms with Gasteiger partial charge in [-0.3, -0.25) is 4.79 Å². The molecule has 6 nitrogen and oxygen atoms in total. The van der Waals surface area contributed by atoms with Crippen LogP contribution in [-0.2, 0) is 14.8 Å². The van der Waals surface area contributed by atoms with Gasteiger partial charge in [0.1, 0.15) is 0 Å². The molecule has 0 saturated heterocycles. The van der Waals surface area contributed by atoms with Gasteiger partial charge in [0.05, 0.1) is 4.90 Å². The Hall–Kier alpha value is -1.44. The van der Waals surface area contributed by atoms with Gasteiger partial charge in [-0.1, -0.05) is 19.9 Å². The lowest BCUT2D eigenvalue weighted by molar-refractivity contribution is 0.0944. The fourth-order valence-electron chi connectivity index (χ4n) is 2.34. The van der Waals surface area contributed by atoms with Gasteiger partial charge in [0.25, 0.3) is 5.91 Å². The van der Waals surface area contributed by atoms with Crippen molar-refractivity contribution >= 4 is 15.9 Å². The highest BCUT2D eigenvalue weighted by atomic mass is 32.2. The Bertz CT molecular complexity index is 640. The van der Waals surface area contributed by atoms with Gasteiger partial charge in [0.15, 0.2) is 0 Å². The van der Waals surface area contributed by atoms with E-state index < -0.39 is 10.0 Å². The van der Waals surface area contributed by atoms with E-state index in [2.05, 4.69) is 5.32 Å². The summed E-state index contributed by atoms with van der Waals surface area (Å²) in [4.78, 5) is 12.4.